The van der Waals surface area contributed by atoms with Crippen LogP contribution in [0.5, 0.6) is 5.75 Å². The van der Waals surface area contributed by atoms with Crippen molar-refractivity contribution in [2.24, 2.45) is 7.05 Å². The molecule has 0 amide bonds. The number of halogens is 2. The Labute approximate surface area is 129 Å². The van der Waals surface area contributed by atoms with Crippen molar-refractivity contribution in [1.29, 1.82) is 0 Å². The zero-order valence-electron chi connectivity index (χ0n) is 10.8. The van der Waals surface area contributed by atoms with Crippen LogP contribution in [0.2, 0.25) is 5.02 Å². The molecule has 20 heavy (non-hydrogen) atoms. The van der Waals surface area contributed by atoms with E-state index < -0.39 is 0 Å². The van der Waals surface area contributed by atoms with Gasteiger partial charge in [0.25, 0.3) is 5.56 Å². The molecule has 0 saturated carbocycles. The lowest BCUT2D eigenvalue weighted by Crippen LogP contribution is -2.22. The van der Waals surface area contributed by atoms with Gasteiger partial charge in [-0.05, 0) is 40.2 Å². The standard InChI is InChI=1S/C13H13BrClN3O2/c1-18-13(19)12(14)11(8-17-18)16-6-7-20-10-4-2-9(15)3-5-10/h2-5,8,16H,6-7H2,1H3. The number of benzene rings is 1. The number of aryl methyl sites for hydroxylation is 1. The topological polar surface area (TPSA) is 56.1 Å². The Kier molecular flexibility index (Phi) is 5.03. The van der Waals surface area contributed by atoms with Crippen molar-refractivity contribution >= 4 is 33.2 Å². The number of anilines is 1. The summed E-state index contributed by atoms with van der Waals surface area (Å²) in [4.78, 5) is 11.6. The first kappa shape index (κ1) is 14.9. The van der Waals surface area contributed by atoms with Crippen molar-refractivity contribution in [3.05, 3.63) is 50.3 Å². The first-order valence-corrected chi connectivity index (χ1v) is 7.09. The predicted molar refractivity (Wildman–Crippen MR) is 82.6 cm³/mol. The molecule has 0 aliphatic rings. The Balaban J connectivity index is 1.86. The first-order chi connectivity index (χ1) is 9.58. The number of rotatable bonds is 5. The molecule has 0 bridgehead atoms. The summed E-state index contributed by atoms with van der Waals surface area (Å²) in [6, 6.07) is 7.15. The summed E-state index contributed by atoms with van der Waals surface area (Å²) in [5, 5.41) is 7.70. The minimum atomic E-state index is -0.186. The number of nitrogens with zero attached hydrogens (tertiary/aromatic N) is 2. The summed E-state index contributed by atoms with van der Waals surface area (Å²) < 4.78 is 7.26. The largest absolute Gasteiger partial charge is 0.492 e. The van der Waals surface area contributed by atoms with E-state index in [9.17, 15) is 4.79 Å². The summed E-state index contributed by atoms with van der Waals surface area (Å²) in [5.41, 5.74) is 0.460. The average Bonchev–Trinajstić information content (AvgIpc) is 2.45. The van der Waals surface area contributed by atoms with E-state index in [1.165, 1.54) is 4.68 Å². The van der Waals surface area contributed by atoms with Crippen LogP contribution >= 0.6 is 27.5 Å². The van der Waals surface area contributed by atoms with Crippen LogP contribution in [0.4, 0.5) is 5.69 Å². The molecule has 0 aliphatic carbocycles. The highest BCUT2D eigenvalue weighted by Crippen LogP contribution is 2.17. The van der Waals surface area contributed by atoms with E-state index in [-0.39, 0.29) is 5.56 Å². The fraction of sp³-hybridized carbons (Fsp3) is 0.231. The zero-order valence-corrected chi connectivity index (χ0v) is 13.1. The molecule has 7 heteroatoms. The van der Waals surface area contributed by atoms with Gasteiger partial charge in [-0.25, -0.2) is 4.68 Å². The van der Waals surface area contributed by atoms with Gasteiger partial charge in [0.15, 0.2) is 0 Å². The van der Waals surface area contributed by atoms with E-state index in [0.29, 0.717) is 28.3 Å². The highest BCUT2D eigenvalue weighted by Gasteiger charge is 2.05. The van der Waals surface area contributed by atoms with Gasteiger partial charge in [0.05, 0.1) is 11.9 Å². The van der Waals surface area contributed by atoms with E-state index >= 15 is 0 Å². The predicted octanol–water partition coefficient (Wildman–Crippen LogP) is 2.69. The zero-order chi connectivity index (χ0) is 14.5. The van der Waals surface area contributed by atoms with Crippen LogP contribution in [-0.2, 0) is 7.05 Å². The lowest BCUT2D eigenvalue weighted by Gasteiger charge is -2.10. The molecule has 0 spiro atoms. The molecule has 1 aromatic carbocycles. The van der Waals surface area contributed by atoms with Gasteiger partial charge in [-0.2, -0.15) is 5.10 Å². The van der Waals surface area contributed by atoms with Crippen LogP contribution in [0.3, 0.4) is 0 Å². The number of aromatic nitrogens is 2. The third-order valence-electron chi connectivity index (χ3n) is 2.58. The fourth-order valence-electron chi connectivity index (χ4n) is 1.52. The van der Waals surface area contributed by atoms with Crippen molar-refractivity contribution in [2.45, 2.75) is 0 Å². The minimum Gasteiger partial charge on any atom is -0.492 e. The molecule has 2 aromatic rings. The van der Waals surface area contributed by atoms with Crippen LogP contribution < -0.4 is 15.6 Å². The van der Waals surface area contributed by atoms with Gasteiger partial charge in [-0.1, -0.05) is 11.6 Å². The van der Waals surface area contributed by atoms with E-state index in [1.807, 2.05) is 0 Å². The van der Waals surface area contributed by atoms with Crippen molar-refractivity contribution in [3.63, 3.8) is 0 Å². The molecule has 106 valence electrons. The summed E-state index contributed by atoms with van der Waals surface area (Å²) in [6.45, 7) is 1.01. The quantitative estimate of drug-likeness (QED) is 0.835. The Morgan fingerprint density at radius 2 is 2.10 bits per heavy atom. The van der Waals surface area contributed by atoms with Crippen molar-refractivity contribution in [2.75, 3.05) is 18.5 Å². The molecule has 0 radical (unpaired) electrons. The summed E-state index contributed by atoms with van der Waals surface area (Å²) in [5.74, 6) is 0.748. The molecule has 0 unspecified atom stereocenters. The second kappa shape index (κ2) is 6.76. The SMILES string of the molecule is Cn1ncc(NCCOc2ccc(Cl)cc2)c(Br)c1=O. The Morgan fingerprint density at radius 3 is 2.80 bits per heavy atom. The van der Waals surface area contributed by atoms with Gasteiger partial charge in [0, 0.05) is 18.6 Å². The minimum absolute atomic E-state index is 0.186. The van der Waals surface area contributed by atoms with Gasteiger partial charge >= 0.3 is 0 Å². The van der Waals surface area contributed by atoms with Crippen molar-refractivity contribution in [3.8, 4) is 5.75 Å². The molecule has 0 atom stereocenters. The molecule has 0 saturated heterocycles. The van der Waals surface area contributed by atoms with Gasteiger partial charge in [0.2, 0.25) is 0 Å². The van der Waals surface area contributed by atoms with Crippen LogP contribution in [0.1, 0.15) is 0 Å². The molecular weight excluding hydrogens is 346 g/mol. The normalized spacial score (nSPS) is 10.3. The van der Waals surface area contributed by atoms with Gasteiger partial charge in [-0.15, -0.1) is 0 Å². The molecule has 1 heterocycles. The Morgan fingerprint density at radius 1 is 1.40 bits per heavy atom. The summed E-state index contributed by atoms with van der Waals surface area (Å²) in [7, 11) is 1.60. The van der Waals surface area contributed by atoms with E-state index in [1.54, 1.807) is 37.5 Å². The molecule has 2 rings (SSSR count). The summed E-state index contributed by atoms with van der Waals surface area (Å²) >= 11 is 9.03. The third-order valence-corrected chi connectivity index (χ3v) is 3.60. The molecular formula is C13H13BrClN3O2. The van der Waals surface area contributed by atoms with Crippen LogP contribution in [0.25, 0.3) is 0 Å². The smallest absolute Gasteiger partial charge is 0.282 e. The monoisotopic (exact) mass is 357 g/mol. The number of hydrogen-bond acceptors (Lipinski definition) is 4. The maximum absolute atomic E-state index is 11.6. The second-order valence-electron chi connectivity index (χ2n) is 4.03. The van der Waals surface area contributed by atoms with Crippen LogP contribution in [0, 0.1) is 0 Å². The highest BCUT2D eigenvalue weighted by molar-refractivity contribution is 9.10. The lowest BCUT2D eigenvalue weighted by molar-refractivity contribution is 0.333. The van der Waals surface area contributed by atoms with Crippen LogP contribution in [0.15, 0.2) is 39.7 Å². The number of hydrogen-bond donors (Lipinski definition) is 1. The lowest BCUT2D eigenvalue weighted by atomic mass is 10.3. The van der Waals surface area contributed by atoms with Gasteiger partial charge in [0.1, 0.15) is 16.8 Å². The van der Waals surface area contributed by atoms with E-state index in [2.05, 4.69) is 26.3 Å². The van der Waals surface area contributed by atoms with Crippen molar-refractivity contribution in [1.82, 2.24) is 9.78 Å². The van der Waals surface area contributed by atoms with Crippen LogP contribution in [-0.4, -0.2) is 22.9 Å². The first-order valence-electron chi connectivity index (χ1n) is 5.92. The van der Waals surface area contributed by atoms with Gasteiger partial charge < -0.3 is 10.1 Å². The van der Waals surface area contributed by atoms with E-state index in [0.717, 1.165) is 5.75 Å². The molecule has 1 aromatic heterocycles. The van der Waals surface area contributed by atoms with Crippen molar-refractivity contribution < 1.29 is 4.74 Å². The number of ether oxygens (including phenoxy) is 1. The maximum atomic E-state index is 11.6. The second-order valence-corrected chi connectivity index (χ2v) is 5.26. The molecule has 5 nitrogen and oxygen atoms in total. The summed E-state index contributed by atoms with van der Waals surface area (Å²) in [6.07, 6.45) is 1.59. The van der Waals surface area contributed by atoms with E-state index in [4.69, 9.17) is 16.3 Å². The third kappa shape index (κ3) is 3.74. The molecule has 0 fully saturated rings. The van der Waals surface area contributed by atoms with Gasteiger partial charge in [-0.3, -0.25) is 4.79 Å². The highest BCUT2D eigenvalue weighted by atomic mass is 79.9. The molecule has 0 aliphatic heterocycles. The molecule has 1 N–H and O–H groups in total. The average molecular weight is 359 g/mol. The Hall–Kier alpha value is -1.53. The maximum Gasteiger partial charge on any atom is 0.282 e. The Bertz CT molecular complexity index is 643. The fourth-order valence-corrected chi connectivity index (χ4v) is 2.14. The number of nitrogens with one attached hydrogen (secondary N) is 1.